The second kappa shape index (κ2) is 9.24. The van der Waals surface area contributed by atoms with Crippen molar-refractivity contribution in [3.63, 3.8) is 0 Å². The molecule has 0 N–H and O–H groups in total. The minimum absolute atomic E-state index is 0.229. The molecule has 0 aliphatic rings. The van der Waals surface area contributed by atoms with Gasteiger partial charge in [-0.2, -0.15) is 0 Å². The van der Waals surface area contributed by atoms with Crippen LogP contribution in [0.4, 0.5) is 0 Å². The molecule has 0 atom stereocenters. The van der Waals surface area contributed by atoms with Crippen LogP contribution >= 0.6 is 0 Å². The van der Waals surface area contributed by atoms with E-state index in [0.717, 1.165) is 24.5 Å². The third kappa shape index (κ3) is 4.69. The van der Waals surface area contributed by atoms with Crippen LogP contribution in [0.1, 0.15) is 22.7 Å². The predicted octanol–water partition coefficient (Wildman–Crippen LogP) is 4.97. The molecule has 0 aromatic heterocycles. The van der Waals surface area contributed by atoms with E-state index >= 15 is 0 Å². The lowest BCUT2D eigenvalue weighted by molar-refractivity contribution is 0.282. The lowest BCUT2D eigenvalue weighted by Crippen LogP contribution is -2.27. The molecule has 0 heterocycles. The predicted molar refractivity (Wildman–Crippen MR) is 111 cm³/mol. The summed E-state index contributed by atoms with van der Waals surface area (Å²) in [6.07, 6.45) is 0.938. The van der Waals surface area contributed by atoms with Crippen LogP contribution in [0.3, 0.4) is 0 Å². The smallest absolute Gasteiger partial charge is 0.160 e. The van der Waals surface area contributed by atoms with Crippen molar-refractivity contribution in [3.05, 3.63) is 95.6 Å². The topological polar surface area (TPSA) is 21.7 Å². The zero-order valence-corrected chi connectivity index (χ0v) is 16.3. The fraction of sp³-hybridized carbons (Fsp3) is 0.250. The normalized spacial score (nSPS) is 11.0. The summed E-state index contributed by atoms with van der Waals surface area (Å²) < 4.78 is 10.8. The lowest BCUT2D eigenvalue weighted by Gasteiger charge is -2.29. The highest BCUT2D eigenvalue weighted by molar-refractivity contribution is 5.43. The summed E-state index contributed by atoms with van der Waals surface area (Å²) in [5.74, 6) is 1.54. The third-order valence-electron chi connectivity index (χ3n) is 4.87. The highest BCUT2D eigenvalue weighted by atomic mass is 16.5. The van der Waals surface area contributed by atoms with Crippen LogP contribution in [0.25, 0.3) is 0 Å². The third-order valence-corrected chi connectivity index (χ3v) is 4.87. The number of methoxy groups -OCH3 is 2. The Morgan fingerprint density at radius 3 is 1.81 bits per heavy atom. The van der Waals surface area contributed by atoms with E-state index in [1.165, 1.54) is 16.7 Å². The largest absolute Gasteiger partial charge is 0.493 e. The maximum atomic E-state index is 5.43. The Morgan fingerprint density at radius 2 is 1.30 bits per heavy atom. The van der Waals surface area contributed by atoms with Crippen LogP contribution in [0.5, 0.6) is 11.5 Å². The highest BCUT2D eigenvalue weighted by Gasteiger charge is 2.19. The Balaban J connectivity index is 1.78. The van der Waals surface area contributed by atoms with E-state index in [4.69, 9.17) is 9.47 Å². The van der Waals surface area contributed by atoms with Crippen molar-refractivity contribution in [2.45, 2.75) is 12.5 Å². The van der Waals surface area contributed by atoms with E-state index in [0.29, 0.717) is 0 Å². The van der Waals surface area contributed by atoms with Crippen molar-refractivity contribution < 1.29 is 9.47 Å². The number of hydrogen-bond acceptors (Lipinski definition) is 3. The van der Waals surface area contributed by atoms with E-state index in [2.05, 4.69) is 84.7 Å². The molecule has 0 unspecified atom stereocenters. The van der Waals surface area contributed by atoms with Crippen molar-refractivity contribution in [2.75, 3.05) is 27.8 Å². The van der Waals surface area contributed by atoms with Gasteiger partial charge in [-0.3, -0.25) is 4.90 Å². The van der Waals surface area contributed by atoms with E-state index in [-0.39, 0.29) is 6.04 Å². The van der Waals surface area contributed by atoms with Crippen LogP contribution < -0.4 is 9.47 Å². The fourth-order valence-corrected chi connectivity index (χ4v) is 3.44. The van der Waals surface area contributed by atoms with Crippen molar-refractivity contribution >= 4 is 0 Å². The summed E-state index contributed by atoms with van der Waals surface area (Å²) in [7, 11) is 5.52. The number of rotatable bonds is 8. The van der Waals surface area contributed by atoms with Crippen molar-refractivity contribution in [1.29, 1.82) is 0 Å². The Bertz CT molecular complexity index is 794. The summed E-state index contributed by atoms with van der Waals surface area (Å²) in [5, 5.41) is 0. The first kappa shape index (κ1) is 19.0. The quantitative estimate of drug-likeness (QED) is 0.565. The van der Waals surface area contributed by atoms with Crippen LogP contribution in [0.2, 0.25) is 0 Å². The molecule has 0 amide bonds. The fourth-order valence-electron chi connectivity index (χ4n) is 3.44. The minimum Gasteiger partial charge on any atom is -0.493 e. The number of hydrogen-bond donors (Lipinski definition) is 0. The Morgan fingerprint density at radius 1 is 0.741 bits per heavy atom. The molecule has 3 heteroatoms. The maximum Gasteiger partial charge on any atom is 0.160 e. The van der Waals surface area contributed by atoms with Gasteiger partial charge in [-0.15, -0.1) is 0 Å². The molecule has 3 rings (SSSR count). The zero-order chi connectivity index (χ0) is 19.1. The molecule has 0 saturated heterocycles. The molecule has 0 aliphatic carbocycles. The maximum absolute atomic E-state index is 5.43. The molecule has 0 saturated carbocycles. The summed E-state index contributed by atoms with van der Waals surface area (Å²) in [4.78, 5) is 2.40. The second-order valence-electron chi connectivity index (χ2n) is 6.64. The molecular formula is C24H27NO2. The van der Waals surface area contributed by atoms with Crippen molar-refractivity contribution in [2.24, 2.45) is 0 Å². The highest BCUT2D eigenvalue weighted by Crippen LogP contribution is 2.30. The average Bonchev–Trinajstić information content (AvgIpc) is 2.73. The van der Waals surface area contributed by atoms with Crippen LogP contribution in [-0.4, -0.2) is 32.7 Å². The summed E-state index contributed by atoms with van der Waals surface area (Å²) in [6.45, 7) is 0.934. The van der Waals surface area contributed by atoms with E-state index in [1.807, 2.05) is 6.07 Å². The molecule has 0 spiro atoms. The van der Waals surface area contributed by atoms with Gasteiger partial charge in [0.05, 0.1) is 20.3 Å². The summed E-state index contributed by atoms with van der Waals surface area (Å²) in [6, 6.07) is 27.7. The number of ether oxygens (including phenoxy) is 2. The second-order valence-corrected chi connectivity index (χ2v) is 6.64. The standard InChI is InChI=1S/C24H27NO2/c1-25(17-16-19-14-15-22(26-2)23(18-19)27-3)24(20-10-6-4-7-11-20)21-12-8-5-9-13-21/h4-15,18,24H,16-17H2,1-3H3. The van der Waals surface area contributed by atoms with E-state index in [1.54, 1.807) is 14.2 Å². The molecule has 140 valence electrons. The molecular weight excluding hydrogens is 334 g/mol. The van der Waals surface area contributed by atoms with Gasteiger partial charge in [-0.1, -0.05) is 66.7 Å². The molecule has 0 radical (unpaired) electrons. The van der Waals surface area contributed by atoms with Gasteiger partial charge >= 0.3 is 0 Å². The molecule has 0 bridgehead atoms. The Hall–Kier alpha value is -2.78. The molecule has 3 aromatic rings. The summed E-state index contributed by atoms with van der Waals surface area (Å²) >= 11 is 0. The molecule has 3 aromatic carbocycles. The van der Waals surface area contributed by atoms with Gasteiger partial charge < -0.3 is 9.47 Å². The first-order valence-electron chi connectivity index (χ1n) is 9.24. The Labute approximate surface area is 162 Å². The number of benzene rings is 3. The summed E-state index contributed by atoms with van der Waals surface area (Å²) in [5.41, 5.74) is 3.84. The average molecular weight is 361 g/mol. The van der Waals surface area contributed by atoms with Gasteiger partial charge in [0.2, 0.25) is 0 Å². The first-order chi connectivity index (χ1) is 13.2. The van der Waals surface area contributed by atoms with Gasteiger partial charge in [0, 0.05) is 6.54 Å². The van der Waals surface area contributed by atoms with E-state index in [9.17, 15) is 0 Å². The minimum atomic E-state index is 0.229. The van der Waals surface area contributed by atoms with Gasteiger partial charge in [0.1, 0.15) is 0 Å². The van der Waals surface area contributed by atoms with Crippen LogP contribution in [0.15, 0.2) is 78.9 Å². The SMILES string of the molecule is COc1ccc(CCN(C)C(c2ccccc2)c2ccccc2)cc1OC. The molecule has 3 nitrogen and oxygen atoms in total. The van der Waals surface area contributed by atoms with Gasteiger partial charge in [-0.25, -0.2) is 0 Å². The molecule has 27 heavy (non-hydrogen) atoms. The van der Waals surface area contributed by atoms with Gasteiger partial charge in [-0.05, 0) is 42.3 Å². The Kier molecular flexibility index (Phi) is 6.50. The van der Waals surface area contributed by atoms with Crippen LogP contribution in [0, 0.1) is 0 Å². The van der Waals surface area contributed by atoms with Gasteiger partial charge in [0.15, 0.2) is 11.5 Å². The number of nitrogens with zero attached hydrogens (tertiary/aromatic N) is 1. The lowest BCUT2D eigenvalue weighted by atomic mass is 9.97. The molecule has 0 aliphatic heterocycles. The van der Waals surface area contributed by atoms with Crippen molar-refractivity contribution in [1.82, 2.24) is 4.90 Å². The number of likely N-dealkylation sites (N-methyl/N-ethyl adjacent to an activating group) is 1. The molecule has 0 fully saturated rings. The van der Waals surface area contributed by atoms with E-state index < -0.39 is 0 Å². The van der Waals surface area contributed by atoms with Gasteiger partial charge in [0.25, 0.3) is 0 Å². The monoisotopic (exact) mass is 361 g/mol. The zero-order valence-electron chi connectivity index (χ0n) is 16.3. The van der Waals surface area contributed by atoms with Crippen LogP contribution in [-0.2, 0) is 6.42 Å². The van der Waals surface area contributed by atoms with Crippen molar-refractivity contribution in [3.8, 4) is 11.5 Å². The first-order valence-corrected chi connectivity index (χ1v) is 9.24.